The van der Waals surface area contributed by atoms with Crippen LogP contribution in [0.4, 0.5) is 5.69 Å². The number of ether oxygens (including phenoxy) is 1. The summed E-state index contributed by atoms with van der Waals surface area (Å²) in [4.78, 5) is 24.2. The summed E-state index contributed by atoms with van der Waals surface area (Å²) in [6, 6.07) is 5.91. The summed E-state index contributed by atoms with van der Waals surface area (Å²) in [5.41, 5.74) is 0.291. The van der Waals surface area contributed by atoms with E-state index in [0.717, 1.165) is 6.42 Å². The van der Waals surface area contributed by atoms with Crippen LogP contribution in [0.2, 0.25) is 0 Å². The summed E-state index contributed by atoms with van der Waals surface area (Å²) in [6.07, 6.45) is 6.16. The number of unbranched alkanes of at least 4 members (excludes halogenated alkanes) is 3. The predicted octanol–water partition coefficient (Wildman–Crippen LogP) is 4.04. The van der Waals surface area contributed by atoms with Crippen molar-refractivity contribution in [1.82, 2.24) is 4.90 Å². The van der Waals surface area contributed by atoms with Gasteiger partial charge in [0.2, 0.25) is 0 Å². The maximum atomic E-state index is 11.9. The highest BCUT2D eigenvalue weighted by molar-refractivity contribution is 5.89. The number of likely N-dealkylation sites (N-methyl/N-ethyl adjacent to an activating group) is 1. The summed E-state index contributed by atoms with van der Waals surface area (Å²) < 4.78 is 5.24. The molecule has 0 aromatic heterocycles. The highest BCUT2D eigenvalue weighted by Crippen LogP contribution is 2.13. The zero-order chi connectivity index (χ0) is 17.9. The van der Waals surface area contributed by atoms with Crippen molar-refractivity contribution in [3.8, 4) is 0 Å². The number of nitro benzene ring substituents is 1. The smallest absolute Gasteiger partial charge is 0.338 e. The monoisotopic (exact) mass is 336 g/mol. The lowest BCUT2D eigenvalue weighted by Gasteiger charge is -2.24. The van der Waals surface area contributed by atoms with Gasteiger partial charge < -0.3 is 9.64 Å². The van der Waals surface area contributed by atoms with Crippen LogP contribution in [0, 0.1) is 10.1 Å². The van der Waals surface area contributed by atoms with Crippen molar-refractivity contribution < 1.29 is 14.5 Å². The molecule has 134 valence electrons. The first-order valence-corrected chi connectivity index (χ1v) is 8.57. The number of hydrogen-bond acceptors (Lipinski definition) is 5. The molecule has 0 spiro atoms. The number of carbonyl (C=O) groups is 1. The zero-order valence-electron chi connectivity index (χ0n) is 14.9. The largest absolute Gasteiger partial charge is 0.461 e. The van der Waals surface area contributed by atoms with E-state index in [4.69, 9.17) is 4.74 Å². The van der Waals surface area contributed by atoms with E-state index in [-0.39, 0.29) is 5.69 Å². The van der Waals surface area contributed by atoms with Crippen LogP contribution in [-0.2, 0) is 4.74 Å². The third-order valence-electron chi connectivity index (χ3n) is 4.22. The molecule has 0 saturated heterocycles. The first-order valence-electron chi connectivity index (χ1n) is 8.57. The maximum absolute atomic E-state index is 11.9. The van der Waals surface area contributed by atoms with Gasteiger partial charge in [-0.05, 0) is 32.5 Å². The fraction of sp³-hybridized carbons (Fsp3) is 0.611. The second-order valence-corrected chi connectivity index (χ2v) is 6.12. The number of non-ortho nitro benzene ring substituents is 1. The molecule has 0 saturated carbocycles. The molecule has 0 N–H and O–H groups in total. The topological polar surface area (TPSA) is 72.7 Å². The fourth-order valence-corrected chi connectivity index (χ4v) is 2.39. The Kier molecular flexibility index (Phi) is 9.01. The molecule has 6 heteroatoms. The van der Waals surface area contributed by atoms with Crippen molar-refractivity contribution in [2.24, 2.45) is 0 Å². The minimum Gasteiger partial charge on any atom is -0.461 e. The Morgan fingerprint density at radius 3 is 2.50 bits per heavy atom. The Hall–Kier alpha value is -1.95. The Morgan fingerprint density at radius 1 is 1.25 bits per heavy atom. The summed E-state index contributed by atoms with van der Waals surface area (Å²) in [5.74, 6) is -0.450. The summed E-state index contributed by atoms with van der Waals surface area (Å²) in [5, 5.41) is 10.6. The molecular weight excluding hydrogens is 308 g/mol. The second-order valence-electron chi connectivity index (χ2n) is 6.12. The van der Waals surface area contributed by atoms with Crippen molar-refractivity contribution in [1.29, 1.82) is 0 Å². The van der Waals surface area contributed by atoms with Gasteiger partial charge in [0.15, 0.2) is 0 Å². The molecule has 1 aromatic carbocycles. The van der Waals surface area contributed by atoms with Gasteiger partial charge in [0.1, 0.15) is 6.61 Å². The minimum atomic E-state index is -0.494. The van der Waals surface area contributed by atoms with Gasteiger partial charge in [-0.15, -0.1) is 0 Å². The molecule has 24 heavy (non-hydrogen) atoms. The first kappa shape index (κ1) is 20.1. The van der Waals surface area contributed by atoms with E-state index in [1.165, 1.54) is 49.9 Å². The third kappa shape index (κ3) is 7.08. The fourth-order valence-electron chi connectivity index (χ4n) is 2.39. The Labute approximate surface area is 143 Å². The average Bonchev–Trinajstić information content (AvgIpc) is 2.58. The third-order valence-corrected chi connectivity index (χ3v) is 4.22. The molecule has 0 aliphatic rings. The van der Waals surface area contributed by atoms with Crippen molar-refractivity contribution in [3.63, 3.8) is 0 Å². The highest BCUT2D eigenvalue weighted by atomic mass is 16.6. The Balaban J connectivity index is 2.30. The zero-order valence-corrected chi connectivity index (χ0v) is 14.9. The van der Waals surface area contributed by atoms with Gasteiger partial charge in [-0.1, -0.05) is 32.6 Å². The van der Waals surface area contributed by atoms with E-state index in [0.29, 0.717) is 24.8 Å². The molecule has 1 rings (SSSR count). The molecular formula is C18H28N2O4. The number of hydrogen-bond donors (Lipinski definition) is 0. The molecule has 1 aromatic rings. The molecule has 0 bridgehead atoms. The second kappa shape index (κ2) is 10.8. The van der Waals surface area contributed by atoms with Crippen LogP contribution in [0.25, 0.3) is 0 Å². The van der Waals surface area contributed by atoms with E-state index in [9.17, 15) is 14.9 Å². The standard InChI is InChI=1S/C18H28N2O4/c1-4-5-6-7-8-15(2)19(3)13-14-24-18(21)16-9-11-17(12-10-16)20(22)23/h9-12,15H,4-8,13-14H2,1-3H3/t15-/m0/s1. The molecule has 0 aliphatic heterocycles. The number of benzene rings is 1. The van der Waals surface area contributed by atoms with Gasteiger partial charge in [0.25, 0.3) is 5.69 Å². The van der Waals surface area contributed by atoms with Gasteiger partial charge in [-0.25, -0.2) is 4.79 Å². The first-order chi connectivity index (χ1) is 11.5. The lowest BCUT2D eigenvalue weighted by atomic mass is 10.1. The van der Waals surface area contributed by atoms with Gasteiger partial charge in [-0.2, -0.15) is 0 Å². The summed E-state index contributed by atoms with van der Waals surface area (Å²) >= 11 is 0. The van der Waals surface area contributed by atoms with Gasteiger partial charge in [0.05, 0.1) is 10.5 Å². The van der Waals surface area contributed by atoms with E-state index < -0.39 is 10.9 Å². The number of nitro groups is 1. The molecule has 0 aliphatic carbocycles. The predicted molar refractivity (Wildman–Crippen MR) is 94.2 cm³/mol. The summed E-state index contributed by atoms with van der Waals surface area (Å²) in [7, 11) is 2.03. The normalized spacial score (nSPS) is 12.2. The van der Waals surface area contributed by atoms with Crippen molar-refractivity contribution in [2.75, 3.05) is 20.2 Å². The molecule has 0 unspecified atom stereocenters. The summed E-state index contributed by atoms with van der Waals surface area (Å²) in [6.45, 7) is 5.37. The van der Waals surface area contributed by atoms with Crippen molar-refractivity contribution in [3.05, 3.63) is 39.9 Å². The van der Waals surface area contributed by atoms with Crippen LogP contribution in [0.3, 0.4) is 0 Å². The lowest BCUT2D eigenvalue weighted by Crippen LogP contribution is -2.32. The van der Waals surface area contributed by atoms with Crippen molar-refractivity contribution >= 4 is 11.7 Å². The average molecular weight is 336 g/mol. The molecule has 1 atom stereocenters. The van der Waals surface area contributed by atoms with Crippen LogP contribution in [0.5, 0.6) is 0 Å². The number of rotatable bonds is 11. The highest BCUT2D eigenvalue weighted by Gasteiger charge is 2.12. The molecule has 0 radical (unpaired) electrons. The maximum Gasteiger partial charge on any atom is 0.338 e. The van der Waals surface area contributed by atoms with E-state index in [2.05, 4.69) is 18.7 Å². The Morgan fingerprint density at radius 2 is 1.92 bits per heavy atom. The van der Waals surface area contributed by atoms with Gasteiger partial charge >= 0.3 is 5.97 Å². The number of carbonyl (C=O) groups excluding carboxylic acids is 1. The van der Waals surface area contributed by atoms with Crippen LogP contribution in [0.15, 0.2) is 24.3 Å². The lowest BCUT2D eigenvalue weighted by molar-refractivity contribution is -0.384. The minimum absolute atomic E-state index is 0.0387. The van der Waals surface area contributed by atoms with E-state index >= 15 is 0 Å². The number of esters is 1. The number of nitrogens with zero attached hydrogens (tertiary/aromatic N) is 2. The van der Waals surface area contributed by atoms with Crippen molar-refractivity contribution in [2.45, 2.75) is 52.0 Å². The van der Waals surface area contributed by atoms with Crippen LogP contribution >= 0.6 is 0 Å². The van der Waals surface area contributed by atoms with E-state index in [1.807, 2.05) is 7.05 Å². The van der Waals surface area contributed by atoms with Crippen LogP contribution in [-0.4, -0.2) is 42.0 Å². The van der Waals surface area contributed by atoms with Crippen LogP contribution in [0.1, 0.15) is 56.3 Å². The van der Waals surface area contributed by atoms with Crippen LogP contribution < -0.4 is 0 Å². The quantitative estimate of drug-likeness (QED) is 0.264. The van der Waals surface area contributed by atoms with Gasteiger partial charge in [0, 0.05) is 24.7 Å². The molecule has 0 amide bonds. The Bertz CT molecular complexity index is 516. The molecule has 0 fully saturated rings. The van der Waals surface area contributed by atoms with E-state index in [1.54, 1.807) is 0 Å². The SMILES string of the molecule is CCCCCC[C@H](C)N(C)CCOC(=O)c1ccc([N+](=O)[O-])cc1. The molecule has 6 nitrogen and oxygen atoms in total. The van der Waals surface area contributed by atoms with Gasteiger partial charge in [-0.3, -0.25) is 10.1 Å². The molecule has 0 heterocycles.